The minimum Gasteiger partial charge on any atom is -0.370 e. The van der Waals surface area contributed by atoms with Gasteiger partial charge in [-0.3, -0.25) is 4.68 Å². The summed E-state index contributed by atoms with van der Waals surface area (Å²) in [4.78, 5) is 7.71. The summed E-state index contributed by atoms with van der Waals surface area (Å²) in [6, 6.07) is 7.56. The highest BCUT2D eigenvalue weighted by Gasteiger charge is 1.98. The molecule has 6 N–H and O–H groups in total. The van der Waals surface area contributed by atoms with Crippen LogP contribution in [0.1, 0.15) is 5.56 Å². The number of guanidine groups is 2. The zero-order chi connectivity index (χ0) is 14.5. The first-order valence-corrected chi connectivity index (χ1v) is 6.53. The quantitative estimate of drug-likeness (QED) is 0.570. The standard InChI is InChI=1S/C12H14BrN7/c13-9-5-17-20(7-9)6-8-1-3-10(4-2-8)18-12(16)19-11(14)15/h1-5,7H,6H2,(H6,14,15,16,18,19). The van der Waals surface area contributed by atoms with Crippen molar-refractivity contribution in [2.45, 2.75) is 6.54 Å². The lowest BCUT2D eigenvalue weighted by atomic mass is 10.2. The van der Waals surface area contributed by atoms with Crippen LogP contribution >= 0.6 is 15.9 Å². The van der Waals surface area contributed by atoms with E-state index in [-0.39, 0.29) is 11.9 Å². The molecule has 0 unspecified atom stereocenters. The topological polar surface area (TPSA) is 121 Å². The summed E-state index contributed by atoms with van der Waals surface area (Å²) in [6.07, 6.45) is 3.65. The highest BCUT2D eigenvalue weighted by Crippen LogP contribution is 2.14. The third-order valence-corrected chi connectivity index (χ3v) is 2.78. The van der Waals surface area contributed by atoms with Gasteiger partial charge in [0.05, 0.1) is 22.9 Å². The lowest BCUT2D eigenvalue weighted by Crippen LogP contribution is -2.26. The zero-order valence-corrected chi connectivity index (χ0v) is 12.2. The van der Waals surface area contributed by atoms with Gasteiger partial charge in [0.25, 0.3) is 0 Å². The molecule has 1 aromatic carbocycles. The minimum absolute atomic E-state index is 0.0220. The fraction of sp³-hybridized carbons (Fsp3) is 0.0833. The van der Waals surface area contributed by atoms with Crippen molar-refractivity contribution in [1.29, 1.82) is 0 Å². The van der Waals surface area contributed by atoms with Crippen molar-refractivity contribution in [3.8, 4) is 0 Å². The zero-order valence-electron chi connectivity index (χ0n) is 10.6. The first kappa shape index (κ1) is 14.1. The van der Waals surface area contributed by atoms with E-state index in [1.165, 1.54) is 0 Å². The van der Waals surface area contributed by atoms with Crippen LogP contribution in [0, 0.1) is 0 Å². The van der Waals surface area contributed by atoms with Gasteiger partial charge in [0, 0.05) is 6.20 Å². The lowest BCUT2D eigenvalue weighted by Gasteiger charge is -2.02. The molecular formula is C12H14BrN7. The van der Waals surface area contributed by atoms with Crippen LogP contribution in [0.4, 0.5) is 5.69 Å². The number of aliphatic imine (C=N–C) groups is 2. The molecule has 7 nitrogen and oxygen atoms in total. The van der Waals surface area contributed by atoms with Crippen molar-refractivity contribution >= 4 is 33.5 Å². The van der Waals surface area contributed by atoms with Crippen molar-refractivity contribution in [3.63, 3.8) is 0 Å². The molecule has 0 aliphatic rings. The van der Waals surface area contributed by atoms with Gasteiger partial charge in [0.2, 0.25) is 5.96 Å². The Morgan fingerprint density at radius 1 is 1.20 bits per heavy atom. The number of hydrogen-bond acceptors (Lipinski definition) is 2. The van der Waals surface area contributed by atoms with Crippen molar-refractivity contribution in [2.75, 3.05) is 0 Å². The fourth-order valence-corrected chi connectivity index (χ4v) is 1.91. The molecule has 0 saturated heterocycles. The van der Waals surface area contributed by atoms with E-state index in [4.69, 9.17) is 17.2 Å². The molecule has 0 aliphatic heterocycles. The maximum atomic E-state index is 5.55. The average molecular weight is 336 g/mol. The SMILES string of the molecule is NC(N)=NC(N)=Nc1ccc(Cn2cc(Br)cn2)cc1. The first-order valence-electron chi connectivity index (χ1n) is 5.73. The van der Waals surface area contributed by atoms with Gasteiger partial charge in [-0.05, 0) is 33.6 Å². The molecule has 0 spiro atoms. The van der Waals surface area contributed by atoms with E-state index in [1.54, 1.807) is 6.20 Å². The fourth-order valence-electron chi connectivity index (χ4n) is 1.58. The summed E-state index contributed by atoms with van der Waals surface area (Å²) in [5, 5.41) is 4.19. The second kappa shape index (κ2) is 6.20. The van der Waals surface area contributed by atoms with Gasteiger partial charge in [0.1, 0.15) is 0 Å². The predicted octanol–water partition coefficient (Wildman–Crippen LogP) is 0.914. The number of benzene rings is 1. The lowest BCUT2D eigenvalue weighted by molar-refractivity contribution is 0.686. The number of aromatic nitrogens is 2. The van der Waals surface area contributed by atoms with Gasteiger partial charge in [-0.25, -0.2) is 4.99 Å². The van der Waals surface area contributed by atoms with E-state index in [2.05, 4.69) is 31.0 Å². The normalized spacial score (nSPS) is 11.3. The Labute approximate surface area is 124 Å². The summed E-state index contributed by atoms with van der Waals surface area (Å²) in [7, 11) is 0. The van der Waals surface area contributed by atoms with E-state index in [0.717, 1.165) is 10.0 Å². The van der Waals surface area contributed by atoms with Crippen LogP contribution in [0.25, 0.3) is 0 Å². The van der Waals surface area contributed by atoms with Crippen molar-refractivity contribution < 1.29 is 0 Å². The largest absolute Gasteiger partial charge is 0.370 e. The van der Waals surface area contributed by atoms with Gasteiger partial charge < -0.3 is 17.2 Å². The van der Waals surface area contributed by atoms with Crippen molar-refractivity contribution in [2.24, 2.45) is 27.2 Å². The molecule has 104 valence electrons. The van der Waals surface area contributed by atoms with E-state index in [9.17, 15) is 0 Å². The van der Waals surface area contributed by atoms with Crippen molar-refractivity contribution in [1.82, 2.24) is 9.78 Å². The highest BCUT2D eigenvalue weighted by molar-refractivity contribution is 9.10. The second-order valence-corrected chi connectivity index (χ2v) is 4.94. The van der Waals surface area contributed by atoms with Gasteiger partial charge in [-0.1, -0.05) is 12.1 Å². The third-order valence-electron chi connectivity index (χ3n) is 2.37. The Hall–Kier alpha value is -2.35. The summed E-state index contributed by atoms with van der Waals surface area (Å²) in [5.74, 6) is -0.0964. The maximum absolute atomic E-state index is 5.55. The predicted molar refractivity (Wildman–Crippen MR) is 82.6 cm³/mol. The minimum atomic E-state index is -0.118. The molecule has 1 heterocycles. The van der Waals surface area contributed by atoms with Crippen LogP contribution in [-0.4, -0.2) is 21.7 Å². The monoisotopic (exact) mass is 335 g/mol. The number of halogens is 1. The van der Waals surface area contributed by atoms with Crippen LogP contribution in [0.2, 0.25) is 0 Å². The third kappa shape index (κ3) is 4.09. The van der Waals surface area contributed by atoms with E-state index >= 15 is 0 Å². The molecule has 2 aromatic rings. The van der Waals surface area contributed by atoms with Gasteiger partial charge >= 0.3 is 0 Å². The van der Waals surface area contributed by atoms with Gasteiger partial charge in [-0.15, -0.1) is 0 Å². The van der Waals surface area contributed by atoms with Crippen LogP contribution in [-0.2, 0) is 6.54 Å². The average Bonchev–Trinajstić information content (AvgIpc) is 2.76. The van der Waals surface area contributed by atoms with E-state index in [1.807, 2.05) is 35.1 Å². The molecule has 2 rings (SSSR count). The highest BCUT2D eigenvalue weighted by atomic mass is 79.9. The maximum Gasteiger partial charge on any atom is 0.223 e. The molecule has 0 amide bonds. The molecule has 0 saturated carbocycles. The Morgan fingerprint density at radius 3 is 2.45 bits per heavy atom. The van der Waals surface area contributed by atoms with Crippen LogP contribution in [0.3, 0.4) is 0 Å². The number of hydrogen-bond donors (Lipinski definition) is 3. The van der Waals surface area contributed by atoms with Crippen molar-refractivity contribution in [3.05, 3.63) is 46.7 Å². The number of nitrogens with zero attached hydrogens (tertiary/aromatic N) is 4. The van der Waals surface area contributed by atoms with Gasteiger partial charge in [0.15, 0.2) is 5.96 Å². The first-order chi connectivity index (χ1) is 9.52. The Morgan fingerprint density at radius 2 is 1.90 bits per heavy atom. The molecule has 0 aliphatic carbocycles. The molecular weight excluding hydrogens is 322 g/mol. The molecule has 8 heteroatoms. The summed E-state index contributed by atoms with van der Waals surface area (Å²) >= 11 is 3.36. The Bertz CT molecular complexity index is 638. The summed E-state index contributed by atoms with van der Waals surface area (Å²) in [5.41, 5.74) is 17.8. The molecule has 0 bridgehead atoms. The molecule has 1 aromatic heterocycles. The number of nitrogens with two attached hydrogens (primary N) is 3. The Balaban J connectivity index is 2.08. The molecule has 0 atom stereocenters. The molecule has 20 heavy (non-hydrogen) atoms. The summed E-state index contributed by atoms with van der Waals surface area (Å²) in [6.45, 7) is 0.680. The van der Waals surface area contributed by atoms with E-state index < -0.39 is 0 Å². The molecule has 0 radical (unpaired) electrons. The Kier molecular flexibility index (Phi) is 4.36. The smallest absolute Gasteiger partial charge is 0.223 e. The van der Waals surface area contributed by atoms with Gasteiger partial charge in [-0.2, -0.15) is 10.1 Å². The van der Waals surface area contributed by atoms with E-state index in [0.29, 0.717) is 12.2 Å². The van der Waals surface area contributed by atoms with Crippen LogP contribution in [0.5, 0.6) is 0 Å². The van der Waals surface area contributed by atoms with Crippen LogP contribution in [0.15, 0.2) is 51.1 Å². The summed E-state index contributed by atoms with van der Waals surface area (Å²) < 4.78 is 2.78. The second-order valence-electron chi connectivity index (χ2n) is 4.03. The number of rotatable bonds is 3. The molecule has 0 fully saturated rings. The van der Waals surface area contributed by atoms with Crippen LogP contribution < -0.4 is 17.2 Å².